The molecule has 1 aliphatic carbocycles. The summed E-state index contributed by atoms with van der Waals surface area (Å²) < 4.78 is 0. The molecule has 0 spiro atoms. The van der Waals surface area contributed by atoms with Gasteiger partial charge in [-0.2, -0.15) is 0 Å². The predicted octanol–water partition coefficient (Wildman–Crippen LogP) is 2.26. The highest BCUT2D eigenvalue weighted by Gasteiger charge is 2.27. The van der Waals surface area contributed by atoms with Crippen LogP contribution in [0.2, 0.25) is 0 Å². The molecular formula is C17H26N2O2. The van der Waals surface area contributed by atoms with Crippen LogP contribution in [0.25, 0.3) is 0 Å². The van der Waals surface area contributed by atoms with E-state index in [4.69, 9.17) is 10.8 Å². The maximum Gasteiger partial charge on any atom is 0.307 e. The summed E-state index contributed by atoms with van der Waals surface area (Å²) in [5, 5.41) is 9.02. The molecule has 2 unspecified atom stereocenters. The fourth-order valence-electron chi connectivity index (χ4n) is 3.48. The normalized spacial score (nSPS) is 22.4. The molecule has 2 atom stereocenters. The third-order valence-electron chi connectivity index (χ3n) is 4.62. The molecule has 0 saturated heterocycles. The molecule has 4 nitrogen and oxygen atoms in total. The molecule has 1 aromatic carbocycles. The highest BCUT2D eigenvalue weighted by molar-refractivity contribution is 5.70. The van der Waals surface area contributed by atoms with Crippen LogP contribution in [0, 0.1) is 5.92 Å². The molecule has 0 heterocycles. The number of carboxylic acid groups (broad SMARTS) is 1. The van der Waals surface area contributed by atoms with Crippen LogP contribution in [0.3, 0.4) is 0 Å². The number of aliphatic carboxylic acids is 1. The smallest absolute Gasteiger partial charge is 0.307 e. The Labute approximate surface area is 126 Å². The zero-order valence-electron chi connectivity index (χ0n) is 12.8. The lowest BCUT2D eigenvalue weighted by atomic mass is 9.83. The number of carboxylic acids is 1. The van der Waals surface area contributed by atoms with Crippen molar-refractivity contribution in [2.75, 3.05) is 13.6 Å². The fourth-order valence-corrected chi connectivity index (χ4v) is 3.48. The van der Waals surface area contributed by atoms with E-state index >= 15 is 0 Å². The Bertz CT molecular complexity index is 476. The van der Waals surface area contributed by atoms with E-state index in [1.54, 1.807) is 0 Å². The summed E-state index contributed by atoms with van der Waals surface area (Å²) in [4.78, 5) is 13.3. The quantitative estimate of drug-likeness (QED) is 0.843. The van der Waals surface area contributed by atoms with Crippen molar-refractivity contribution in [2.24, 2.45) is 11.7 Å². The monoisotopic (exact) mass is 290 g/mol. The van der Waals surface area contributed by atoms with Gasteiger partial charge >= 0.3 is 5.97 Å². The Morgan fingerprint density at radius 1 is 1.29 bits per heavy atom. The molecular weight excluding hydrogens is 264 g/mol. The van der Waals surface area contributed by atoms with Crippen molar-refractivity contribution >= 4 is 5.97 Å². The molecule has 21 heavy (non-hydrogen) atoms. The van der Waals surface area contributed by atoms with E-state index in [0.29, 0.717) is 12.0 Å². The molecule has 116 valence electrons. The molecule has 1 saturated carbocycles. The molecule has 4 heteroatoms. The number of rotatable bonds is 6. The zero-order chi connectivity index (χ0) is 15.2. The van der Waals surface area contributed by atoms with E-state index in [0.717, 1.165) is 24.2 Å². The lowest BCUT2D eigenvalue weighted by Gasteiger charge is -2.37. The minimum atomic E-state index is -0.775. The van der Waals surface area contributed by atoms with Crippen molar-refractivity contribution in [3.8, 4) is 0 Å². The largest absolute Gasteiger partial charge is 0.481 e. The van der Waals surface area contributed by atoms with Gasteiger partial charge in [0.05, 0.1) is 6.42 Å². The molecule has 0 amide bonds. The van der Waals surface area contributed by atoms with Crippen LogP contribution in [0.5, 0.6) is 0 Å². The van der Waals surface area contributed by atoms with Crippen molar-refractivity contribution in [3.05, 3.63) is 35.4 Å². The van der Waals surface area contributed by atoms with Gasteiger partial charge in [0.1, 0.15) is 0 Å². The van der Waals surface area contributed by atoms with Crippen molar-refractivity contribution in [3.63, 3.8) is 0 Å². The SMILES string of the molecule is CN(Cc1ccccc1CC(=O)O)C1CCCCC1CN. The van der Waals surface area contributed by atoms with E-state index < -0.39 is 5.97 Å². The maximum absolute atomic E-state index is 11.0. The van der Waals surface area contributed by atoms with Gasteiger partial charge in [0.25, 0.3) is 0 Å². The summed E-state index contributed by atoms with van der Waals surface area (Å²) in [6.45, 7) is 1.54. The average molecular weight is 290 g/mol. The summed E-state index contributed by atoms with van der Waals surface area (Å²) in [5.41, 5.74) is 7.94. The molecule has 2 rings (SSSR count). The van der Waals surface area contributed by atoms with Gasteiger partial charge < -0.3 is 10.8 Å². The standard InChI is InChI=1S/C17H26N2O2/c1-19(16-9-5-4-7-14(16)11-18)12-15-8-3-2-6-13(15)10-17(20)21/h2-3,6,8,14,16H,4-5,7,9-12,18H2,1H3,(H,20,21). The van der Waals surface area contributed by atoms with E-state index in [9.17, 15) is 4.79 Å². The summed E-state index contributed by atoms with van der Waals surface area (Å²) in [6, 6.07) is 8.36. The van der Waals surface area contributed by atoms with E-state index in [1.807, 2.05) is 24.3 Å². The lowest BCUT2D eigenvalue weighted by molar-refractivity contribution is -0.136. The number of nitrogens with two attached hydrogens (primary N) is 1. The van der Waals surface area contributed by atoms with Gasteiger partial charge in [-0.05, 0) is 43.5 Å². The van der Waals surface area contributed by atoms with Crippen LogP contribution in [0.4, 0.5) is 0 Å². The van der Waals surface area contributed by atoms with Gasteiger partial charge in [-0.3, -0.25) is 9.69 Å². The zero-order valence-corrected chi connectivity index (χ0v) is 12.8. The number of carbonyl (C=O) groups is 1. The Morgan fingerprint density at radius 2 is 1.95 bits per heavy atom. The summed E-state index contributed by atoms with van der Waals surface area (Å²) >= 11 is 0. The second-order valence-corrected chi connectivity index (χ2v) is 6.10. The topological polar surface area (TPSA) is 66.6 Å². The first kappa shape index (κ1) is 16.0. The third-order valence-corrected chi connectivity index (χ3v) is 4.62. The highest BCUT2D eigenvalue weighted by Crippen LogP contribution is 2.28. The van der Waals surface area contributed by atoms with Crippen LogP contribution in [0.1, 0.15) is 36.8 Å². The Hall–Kier alpha value is -1.39. The van der Waals surface area contributed by atoms with Crippen LogP contribution in [0.15, 0.2) is 24.3 Å². The molecule has 1 aliphatic rings. The van der Waals surface area contributed by atoms with Gasteiger partial charge in [0.15, 0.2) is 0 Å². The molecule has 1 fully saturated rings. The fraction of sp³-hybridized carbons (Fsp3) is 0.588. The van der Waals surface area contributed by atoms with Gasteiger partial charge in [0, 0.05) is 12.6 Å². The van der Waals surface area contributed by atoms with E-state index in [1.165, 1.54) is 25.7 Å². The molecule has 0 bridgehead atoms. The van der Waals surface area contributed by atoms with E-state index in [-0.39, 0.29) is 6.42 Å². The Morgan fingerprint density at radius 3 is 2.62 bits per heavy atom. The predicted molar refractivity (Wildman–Crippen MR) is 84.0 cm³/mol. The molecule has 0 radical (unpaired) electrons. The Balaban J connectivity index is 2.08. The molecule has 1 aromatic rings. The minimum absolute atomic E-state index is 0.0923. The summed E-state index contributed by atoms with van der Waals surface area (Å²) in [6.07, 6.45) is 5.04. The second kappa shape index (κ2) is 7.57. The van der Waals surface area contributed by atoms with Crippen molar-refractivity contribution in [1.82, 2.24) is 4.90 Å². The van der Waals surface area contributed by atoms with Crippen LogP contribution in [-0.4, -0.2) is 35.6 Å². The Kier molecular flexibility index (Phi) is 5.76. The van der Waals surface area contributed by atoms with Crippen molar-refractivity contribution in [1.29, 1.82) is 0 Å². The average Bonchev–Trinajstić information content (AvgIpc) is 2.48. The highest BCUT2D eigenvalue weighted by atomic mass is 16.4. The van der Waals surface area contributed by atoms with E-state index in [2.05, 4.69) is 11.9 Å². The van der Waals surface area contributed by atoms with Gasteiger partial charge in [-0.25, -0.2) is 0 Å². The van der Waals surface area contributed by atoms with Crippen LogP contribution < -0.4 is 5.73 Å². The van der Waals surface area contributed by atoms with Gasteiger partial charge in [-0.15, -0.1) is 0 Å². The first-order valence-electron chi connectivity index (χ1n) is 7.80. The van der Waals surface area contributed by atoms with Crippen LogP contribution >= 0.6 is 0 Å². The van der Waals surface area contributed by atoms with Gasteiger partial charge in [-0.1, -0.05) is 37.1 Å². The molecule has 0 aliphatic heterocycles. The number of benzene rings is 1. The second-order valence-electron chi connectivity index (χ2n) is 6.10. The third kappa shape index (κ3) is 4.29. The first-order valence-corrected chi connectivity index (χ1v) is 7.80. The number of hydrogen-bond donors (Lipinski definition) is 2. The molecule has 0 aromatic heterocycles. The molecule has 3 N–H and O–H groups in total. The summed E-state index contributed by atoms with van der Waals surface area (Å²) in [5.74, 6) is -0.210. The van der Waals surface area contributed by atoms with Gasteiger partial charge in [0.2, 0.25) is 0 Å². The first-order chi connectivity index (χ1) is 10.1. The number of hydrogen-bond acceptors (Lipinski definition) is 3. The van der Waals surface area contributed by atoms with Crippen molar-refractivity contribution < 1.29 is 9.90 Å². The van der Waals surface area contributed by atoms with Crippen LogP contribution in [-0.2, 0) is 17.8 Å². The lowest BCUT2D eigenvalue weighted by Crippen LogP contribution is -2.42. The summed E-state index contributed by atoms with van der Waals surface area (Å²) in [7, 11) is 2.14. The number of nitrogens with zero attached hydrogens (tertiary/aromatic N) is 1. The maximum atomic E-state index is 11.0. The minimum Gasteiger partial charge on any atom is -0.481 e. The van der Waals surface area contributed by atoms with Crippen molar-refractivity contribution in [2.45, 2.75) is 44.7 Å².